The third-order valence-corrected chi connectivity index (χ3v) is 4.08. The number of carbonyl (C=O) groups excluding carboxylic acids is 2. The van der Waals surface area contributed by atoms with Gasteiger partial charge < -0.3 is 15.1 Å². The molecule has 1 aromatic heterocycles. The second-order valence-corrected chi connectivity index (χ2v) is 6.34. The fourth-order valence-corrected chi connectivity index (χ4v) is 2.73. The Morgan fingerprint density at radius 3 is 2.26 bits per heavy atom. The molecule has 0 aliphatic carbocycles. The molecule has 0 aliphatic heterocycles. The van der Waals surface area contributed by atoms with Gasteiger partial charge in [-0.3, -0.25) is 9.59 Å². The van der Waals surface area contributed by atoms with E-state index in [0.29, 0.717) is 27.7 Å². The number of hydrogen-bond acceptors (Lipinski definition) is 3. The molecule has 0 atom stereocenters. The number of benzene rings is 2. The molecule has 0 bridgehead atoms. The molecule has 0 fully saturated rings. The third kappa shape index (κ3) is 5.23. The average molecular weight is 401 g/mol. The van der Waals surface area contributed by atoms with E-state index in [0.717, 1.165) is 0 Å². The quantitative estimate of drug-likeness (QED) is 0.556. The molecule has 3 rings (SSSR count). The molecule has 7 heteroatoms. The van der Waals surface area contributed by atoms with Crippen LogP contribution in [-0.4, -0.2) is 11.8 Å². The van der Waals surface area contributed by atoms with Crippen LogP contribution in [0.3, 0.4) is 0 Å². The number of hydrogen-bond donors (Lipinski definition) is 2. The molecule has 136 valence electrons. The molecule has 0 spiro atoms. The van der Waals surface area contributed by atoms with Gasteiger partial charge in [0, 0.05) is 22.5 Å². The van der Waals surface area contributed by atoms with Crippen LogP contribution in [0, 0.1) is 0 Å². The smallest absolute Gasteiger partial charge is 0.257 e. The van der Waals surface area contributed by atoms with E-state index in [9.17, 15) is 9.59 Å². The Hall–Kier alpha value is -3.02. The maximum Gasteiger partial charge on any atom is 0.257 e. The number of carbonyl (C=O) groups is 2. The minimum atomic E-state index is -0.352. The normalized spacial score (nSPS) is 10.7. The van der Waals surface area contributed by atoms with Gasteiger partial charge in [-0.2, -0.15) is 0 Å². The van der Waals surface area contributed by atoms with Gasteiger partial charge in [0.25, 0.3) is 5.91 Å². The molecule has 0 saturated heterocycles. The standard InChI is InChI=1S/C20H14Cl2N2O3/c21-13-3-9-17(18(22)12-13)20(26)24-15-6-4-14(5-7-15)23-19(25)10-8-16-2-1-11-27-16/h1-12H,(H,23,25)(H,24,26). The number of amides is 2. The summed E-state index contributed by atoms with van der Waals surface area (Å²) < 4.78 is 5.11. The second kappa shape index (κ2) is 8.58. The first-order valence-electron chi connectivity index (χ1n) is 7.90. The van der Waals surface area contributed by atoms with Crippen molar-refractivity contribution in [3.63, 3.8) is 0 Å². The van der Waals surface area contributed by atoms with Crippen LogP contribution in [0.15, 0.2) is 71.4 Å². The predicted octanol–water partition coefficient (Wildman–Crippen LogP) is 5.49. The van der Waals surface area contributed by atoms with Crippen molar-refractivity contribution in [2.75, 3.05) is 10.6 Å². The van der Waals surface area contributed by atoms with E-state index in [2.05, 4.69) is 10.6 Å². The molecule has 2 amide bonds. The monoisotopic (exact) mass is 400 g/mol. The zero-order chi connectivity index (χ0) is 19.2. The molecule has 0 unspecified atom stereocenters. The molecule has 2 N–H and O–H groups in total. The summed E-state index contributed by atoms with van der Waals surface area (Å²) in [5, 5.41) is 6.18. The van der Waals surface area contributed by atoms with Gasteiger partial charge in [0.1, 0.15) is 5.76 Å². The Morgan fingerprint density at radius 2 is 1.63 bits per heavy atom. The topological polar surface area (TPSA) is 71.3 Å². The Bertz CT molecular complexity index is 981. The fraction of sp³-hybridized carbons (Fsp3) is 0. The van der Waals surface area contributed by atoms with Crippen molar-refractivity contribution in [1.29, 1.82) is 0 Å². The van der Waals surface area contributed by atoms with Crippen molar-refractivity contribution in [2.24, 2.45) is 0 Å². The summed E-state index contributed by atoms with van der Waals surface area (Å²) in [5.74, 6) is -0.0602. The summed E-state index contributed by atoms with van der Waals surface area (Å²) in [7, 11) is 0. The summed E-state index contributed by atoms with van der Waals surface area (Å²) in [6.07, 6.45) is 4.47. The van der Waals surface area contributed by atoms with Crippen LogP contribution in [0.2, 0.25) is 10.0 Å². The SMILES string of the molecule is O=C(C=Cc1ccco1)Nc1ccc(NC(=O)c2ccc(Cl)cc2Cl)cc1. The Balaban J connectivity index is 1.59. The van der Waals surface area contributed by atoms with Gasteiger partial charge in [-0.15, -0.1) is 0 Å². The minimum absolute atomic E-state index is 0.271. The Morgan fingerprint density at radius 1 is 0.926 bits per heavy atom. The van der Waals surface area contributed by atoms with Gasteiger partial charge in [0.05, 0.1) is 16.8 Å². The molecule has 1 heterocycles. The van der Waals surface area contributed by atoms with Crippen LogP contribution in [0.4, 0.5) is 11.4 Å². The Labute approximate surface area is 165 Å². The van der Waals surface area contributed by atoms with Crippen molar-refractivity contribution in [2.45, 2.75) is 0 Å². The summed E-state index contributed by atoms with van der Waals surface area (Å²) in [6.45, 7) is 0. The summed E-state index contributed by atoms with van der Waals surface area (Å²) >= 11 is 11.9. The van der Waals surface area contributed by atoms with E-state index in [4.69, 9.17) is 27.6 Å². The van der Waals surface area contributed by atoms with Crippen molar-refractivity contribution in [3.05, 3.63) is 88.3 Å². The van der Waals surface area contributed by atoms with Crippen LogP contribution in [0.5, 0.6) is 0 Å². The average Bonchev–Trinajstić information content (AvgIpc) is 3.15. The highest BCUT2D eigenvalue weighted by molar-refractivity contribution is 6.37. The van der Waals surface area contributed by atoms with Gasteiger partial charge in [0.15, 0.2) is 0 Å². The summed E-state index contributed by atoms with van der Waals surface area (Å²) in [5.41, 5.74) is 1.48. The van der Waals surface area contributed by atoms with E-state index >= 15 is 0 Å². The highest BCUT2D eigenvalue weighted by Gasteiger charge is 2.11. The van der Waals surface area contributed by atoms with E-state index < -0.39 is 0 Å². The van der Waals surface area contributed by atoms with Gasteiger partial charge in [-0.1, -0.05) is 23.2 Å². The van der Waals surface area contributed by atoms with E-state index in [-0.39, 0.29) is 16.8 Å². The largest absolute Gasteiger partial charge is 0.465 e. The zero-order valence-corrected chi connectivity index (χ0v) is 15.4. The lowest BCUT2D eigenvalue weighted by Gasteiger charge is -2.08. The first-order chi connectivity index (χ1) is 13.0. The molecule has 0 aliphatic rings. The molecule has 0 saturated carbocycles. The van der Waals surface area contributed by atoms with Crippen molar-refractivity contribution < 1.29 is 14.0 Å². The maximum absolute atomic E-state index is 12.3. The Kier molecular flexibility index (Phi) is 5.96. The number of nitrogens with one attached hydrogen (secondary N) is 2. The van der Waals surface area contributed by atoms with Crippen LogP contribution in [0.25, 0.3) is 6.08 Å². The third-order valence-electron chi connectivity index (χ3n) is 3.53. The van der Waals surface area contributed by atoms with E-state index in [1.165, 1.54) is 18.4 Å². The van der Waals surface area contributed by atoms with Crippen LogP contribution >= 0.6 is 23.2 Å². The highest BCUT2D eigenvalue weighted by atomic mass is 35.5. The van der Waals surface area contributed by atoms with E-state index in [1.807, 2.05) is 0 Å². The van der Waals surface area contributed by atoms with Crippen LogP contribution in [-0.2, 0) is 4.79 Å². The molecule has 2 aromatic carbocycles. The summed E-state index contributed by atoms with van der Waals surface area (Å²) in [4.78, 5) is 24.2. The molecular weight excluding hydrogens is 387 g/mol. The number of rotatable bonds is 5. The first-order valence-corrected chi connectivity index (χ1v) is 8.66. The maximum atomic E-state index is 12.3. The lowest BCUT2D eigenvalue weighted by molar-refractivity contribution is -0.111. The number of furan rings is 1. The first kappa shape index (κ1) is 18.8. The lowest BCUT2D eigenvalue weighted by Crippen LogP contribution is -2.12. The lowest BCUT2D eigenvalue weighted by atomic mass is 10.2. The van der Waals surface area contributed by atoms with Crippen LogP contribution in [0.1, 0.15) is 16.1 Å². The molecular formula is C20H14Cl2N2O3. The van der Waals surface area contributed by atoms with Gasteiger partial charge in [0.2, 0.25) is 5.91 Å². The van der Waals surface area contributed by atoms with E-state index in [1.54, 1.807) is 54.6 Å². The molecule has 27 heavy (non-hydrogen) atoms. The summed E-state index contributed by atoms with van der Waals surface area (Å²) in [6, 6.07) is 14.8. The second-order valence-electron chi connectivity index (χ2n) is 5.49. The highest BCUT2D eigenvalue weighted by Crippen LogP contribution is 2.22. The van der Waals surface area contributed by atoms with Gasteiger partial charge in [-0.25, -0.2) is 0 Å². The predicted molar refractivity (Wildman–Crippen MR) is 107 cm³/mol. The molecule has 5 nitrogen and oxygen atoms in total. The van der Waals surface area contributed by atoms with Gasteiger partial charge in [-0.05, 0) is 60.7 Å². The van der Waals surface area contributed by atoms with Crippen LogP contribution < -0.4 is 10.6 Å². The van der Waals surface area contributed by atoms with Crippen molar-refractivity contribution in [1.82, 2.24) is 0 Å². The number of anilines is 2. The molecule has 0 radical (unpaired) electrons. The molecule has 3 aromatic rings. The van der Waals surface area contributed by atoms with Crippen molar-refractivity contribution >= 4 is 52.5 Å². The minimum Gasteiger partial charge on any atom is -0.465 e. The van der Waals surface area contributed by atoms with Gasteiger partial charge >= 0.3 is 0 Å². The zero-order valence-electron chi connectivity index (χ0n) is 13.9. The number of halogens is 2. The fourth-order valence-electron chi connectivity index (χ4n) is 2.24. The van der Waals surface area contributed by atoms with Crippen molar-refractivity contribution in [3.8, 4) is 0 Å².